The summed E-state index contributed by atoms with van der Waals surface area (Å²) in [7, 11) is 0. The van der Waals surface area contributed by atoms with Gasteiger partial charge in [-0.3, -0.25) is 0 Å². The van der Waals surface area contributed by atoms with Crippen LogP contribution in [0.2, 0.25) is 0 Å². The Morgan fingerprint density at radius 1 is 0.647 bits per heavy atom. The molecule has 0 aliphatic rings. The van der Waals surface area contributed by atoms with Crippen molar-refractivity contribution >= 4 is 0 Å². The standard InChI is InChI=1S/C28H30N2O.3CH4/c1-6-19(2)20-7-9-21(10-8-20)22-11-13-23(14-12-22)26-29-30-27(31-26)24-15-17-25(18-16-24)28(3,4)5;;;/h7-19H,6H2,1-5H3;3*1H4. The summed E-state index contributed by atoms with van der Waals surface area (Å²) in [5, 5.41) is 8.51. The highest BCUT2D eigenvalue weighted by atomic mass is 16.4. The minimum Gasteiger partial charge on any atom is -0.416 e. The zero-order valence-electron chi connectivity index (χ0n) is 19.0. The molecule has 0 spiro atoms. The minimum absolute atomic E-state index is 0. The molecular weight excluding hydrogens is 416 g/mol. The molecule has 182 valence electrons. The van der Waals surface area contributed by atoms with Crippen molar-refractivity contribution in [2.75, 3.05) is 0 Å². The first-order valence-corrected chi connectivity index (χ1v) is 11.0. The van der Waals surface area contributed by atoms with Gasteiger partial charge in [0.1, 0.15) is 0 Å². The van der Waals surface area contributed by atoms with Gasteiger partial charge in [0.25, 0.3) is 0 Å². The number of rotatable bonds is 5. The van der Waals surface area contributed by atoms with Crippen molar-refractivity contribution in [2.24, 2.45) is 0 Å². The van der Waals surface area contributed by atoms with E-state index in [9.17, 15) is 0 Å². The first kappa shape index (κ1) is 28.8. The smallest absolute Gasteiger partial charge is 0.248 e. The average molecular weight is 459 g/mol. The molecule has 34 heavy (non-hydrogen) atoms. The lowest BCUT2D eigenvalue weighted by molar-refractivity contribution is 0.582. The van der Waals surface area contributed by atoms with Crippen LogP contribution in [0, 0.1) is 0 Å². The molecule has 4 aromatic rings. The van der Waals surface area contributed by atoms with Gasteiger partial charge in [-0.05, 0) is 64.3 Å². The molecule has 0 radical (unpaired) electrons. The van der Waals surface area contributed by atoms with Crippen LogP contribution in [0.4, 0.5) is 0 Å². The summed E-state index contributed by atoms with van der Waals surface area (Å²) in [6.07, 6.45) is 1.15. The molecule has 3 heteroatoms. The lowest BCUT2D eigenvalue weighted by atomic mass is 9.87. The molecule has 1 heterocycles. The normalized spacial score (nSPS) is 11.6. The number of aromatic nitrogens is 2. The van der Waals surface area contributed by atoms with Crippen LogP contribution >= 0.6 is 0 Å². The highest BCUT2D eigenvalue weighted by Gasteiger charge is 2.15. The average Bonchev–Trinajstić information content (AvgIpc) is 3.29. The van der Waals surface area contributed by atoms with E-state index in [1.165, 1.54) is 22.3 Å². The molecule has 1 aromatic heterocycles. The summed E-state index contributed by atoms with van der Waals surface area (Å²) >= 11 is 0. The van der Waals surface area contributed by atoms with E-state index in [-0.39, 0.29) is 27.7 Å². The maximum Gasteiger partial charge on any atom is 0.248 e. The predicted octanol–water partition coefficient (Wildman–Crippen LogP) is 9.79. The van der Waals surface area contributed by atoms with Gasteiger partial charge < -0.3 is 4.42 Å². The Hall–Kier alpha value is -3.20. The van der Waals surface area contributed by atoms with Crippen LogP contribution < -0.4 is 0 Å². The van der Waals surface area contributed by atoms with E-state index in [2.05, 4.69) is 93.3 Å². The van der Waals surface area contributed by atoms with E-state index < -0.39 is 0 Å². The Bertz CT molecular complexity index is 1130. The third-order valence-corrected chi connectivity index (χ3v) is 5.98. The Kier molecular flexibility index (Phi) is 9.99. The van der Waals surface area contributed by atoms with E-state index in [4.69, 9.17) is 4.42 Å². The fourth-order valence-corrected chi connectivity index (χ4v) is 3.61. The summed E-state index contributed by atoms with van der Waals surface area (Å²) in [4.78, 5) is 0. The third kappa shape index (κ3) is 6.22. The quantitative estimate of drug-likeness (QED) is 0.299. The topological polar surface area (TPSA) is 38.9 Å². The summed E-state index contributed by atoms with van der Waals surface area (Å²) in [6, 6.07) is 25.5. The summed E-state index contributed by atoms with van der Waals surface area (Å²) < 4.78 is 5.96. The van der Waals surface area contributed by atoms with Crippen molar-refractivity contribution < 1.29 is 4.42 Å². The van der Waals surface area contributed by atoms with Crippen LogP contribution in [0.15, 0.2) is 77.2 Å². The Labute approximate surface area is 207 Å². The fraction of sp³-hybridized carbons (Fsp3) is 0.355. The van der Waals surface area contributed by atoms with Crippen molar-refractivity contribution in [1.29, 1.82) is 0 Å². The monoisotopic (exact) mass is 458 g/mol. The van der Waals surface area contributed by atoms with Gasteiger partial charge in [-0.2, -0.15) is 0 Å². The molecule has 3 aromatic carbocycles. The molecular formula is C31H42N2O. The van der Waals surface area contributed by atoms with Crippen LogP contribution in [-0.2, 0) is 5.41 Å². The molecule has 0 aliphatic heterocycles. The molecule has 0 aliphatic carbocycles. The van der Waals surface area contributed by atoms with E-state index in [1.807, 2.05) is 24.3 Å². The van der Waals surface area contributed by atoms with Gasteiger partial charge in [-0.25, -0.2) is 0 Å². The molecule has 3 nitrogen and oxygen atoms in total. The minimum atomic E-state index is 0. The molecule has 0 amide bonds. The van der Waals surface area contributed by atoms with Gasteiger partial charge in [0, 0.05) is 11.1 Å². The first-order valence-electron chi connectivity index (χ1n) is 11.0. The summed E-state index contributed by atoms with van der Waals surface area (Å²) in [5.74, 6) is 1.67. The van der Waals surface area contributed by atoms with Gasteiger partial charge in [0.15, 0.2) is 0 Å². The predicted molar refractivity (Wildman–Crippen MR) is 148 cm³/mol. The van der Waals surface area contributed by atoms with Crippen LogP contribution in [-0.4, -0.2) is 10.2 Å². The van der Waals surface area contributed by atoms with E-state index in [0.717, 1.165) is 17.5 Å². The lowest BCUT2D eigenvalue weighted by Gasteiger charge is -2.18. The number of benzene rings is 3. The van der Waals surface area contributed by atoms with Gasteiger partial charge in [-0.15, -0.1) is 10.2 Å². The maximum absolute atomic E-state index is 5.96. The van der Waals surface area contributed by atoms with E-state index in [1.54, 1.807) is 0 Å². The van der Waals surface area contributed by atoms with Gasteiger partial charge >= 0.3 is 0 Å². The SMILES string of the molecule is C.C.C.CCC(C)c1ccc(-c2ccc(-c3nnc(-c4ccc(C(C)(C)C)cc4)o3)cc2)cc1. The molecule has 0 saturated heterocycles. The molecule has 0 fully saturated rings. The summed E-state index contributed by atoms with van der Waals surface area (Å²) in [6.45, 7) is 11.1. The van der Waals surface area contributed by atoms with Crippen LogP contribution in [0.1, 0.15) is 80.4 Å². The molecule has 1 unspecified atom stereocenters. The third-order valence-electron chi connectivity index (χ3n) is 5.98. The van der Waals surface area contributed by atoms with Gasteiger partial charge in [-0.1, -0.05) is 105 Å². The second-order valence-corrected chi connectivity index (χ2v) is 9.25. The maximum atomic E-state index is 5.96. The van der Waals surface area contributed by atoms with Crippen molar-refractivity contribution in [3.8, 4) is 34.0 Å². The zero-order valence-corrected chi connectivity index (χ0v) is 19.0. The van der Waals surface area contributed by atoms with E-state index >= 15 is 0 Å². The Morgan fingerprint density at radius 3 is 1.44 bits per heavy atom. The Morgan fingerprint density at radius 2 is 1.03 bits per heavy atom. The highest BCUT2D eigenvalue weighted by molar-refractivity contribution is 5.68. The molecule has 0 N–H and O–H groups in total. The van der Waals surface area contributed by atoms with Crippen LogP contribution in [0.5, 0.6) is 0 Å². The van der Waals surface area contributed by atoms with Gasteiger partial charge in [0.05, 0.1) is 0 Å². The van der Waals surface area contributed by atoms with Crippen molar-refractivity contribution in [1.82, 2.24) is 10.2 Å². The van der Waals surface area contributed by atoms with Crippen molar-refractivity contribution in [2.45, 2.75) is 74.7 Å². The molecule has 1 atom stereocenters. The van der Waals surface area contributed by atoms with Crippen LogP contribution in [0.3, 0.4) is 0 Å². The van der Waals surface area contributed by atoms with Gasteiger partial charge in [0.2, 0.25) is 11.8 Å². The lowest BCUT2D eigenvalue weighted by Crippen LogP contribution is -2.10. The first-order chi connectivity index (χ1) is 14.8. The zero-order chi connectivity index (χ0) is 22.0. The van der Waals surface area contributed by atoms with E-state index in [0.29, 0.717) is 17.7 Å². The molecule has 4 rings (SSSR count). The molecule has 0 saturated carbocycles. The number of nitrogens with zero attached hydrogens (tertiary/aromatic N) is 2. The second kappa shape index (κ2) is 11.8. The highest BCUT2D eigenvalue weighted by Crippen LogP contribution is 2.29. The summed E-state index contributed by atoms with van der Waals surface area (Å²) in [5.41, 5.74) is 7.03. The largest absolute Gasteiger partial charge is 0.416 e. The van der Waals surface area contributed by atoms with Crippen LogP contribution in [0.25, 0.3) is 34.0 Å². The second-order valence-electron chi connectivity index (χ2n) is 9.25. The fourth-order valence-electron chi connectivity index (χ4n) is 3.61. The number of hydrogen-bond donors (Lipinski definition) is 0. The molecule has 0 bridgehead atoms. The van der Waals surface area contributed by atoms with Crippen molar-refractivity contribution in [3.63, 3.8) is 0 Å². The Balaban J connectivity index is 0.00000193. The van der Waals surface area contributed by atoms with Crippen molar-refractivity contribution in [3.05, 3.63) is 83.9 Å². The number of hydrogen-bond acceptors (Lipinski definition) is 3.